The molecular weight excluding hydrogens is 328 g/mol. The van der Waals surface area contributed by atoms with Gasteiger partial charge in [-0.3, -0.25) is 4.68 Å². The van der Waals surface area contributed by atoms with Crippen molar-refractivity contribution in [2.75, 3.05) is 0 Å². The van der Waals surface area contributed by atoms with Gasteiger partial charge in [0.25, 0.3) is 0 Å². The first-order chi connectivity index (χ1) is 8.70. The summed E-state index contributed by atoms with van der Waals surface area (Å²) < 4.78 is 2.52. The number of rotatable bonds is 1. The molecule has 0 aliphatic carbocycles. The smallest absolute Gasteiger partial charge is 0.164 e. The van der Waals surface area contributed by atoms with E-state index in [4.69, 9.17) is 11.6 Å². The van der Waals surface area contributed by atoms with Crippen molar-refractivity contribution >= 4 is 27.5 Å². The molecule has 0 aromatic carbocycles. The van der Waals surface area contributed by atoms with Gasteiger partial charge in [0.05, 0.1) is 21.4 Å². The molecule has 4 nitrogen and oxygen atoms in total. The van der Waals surface area contributed by atoms with Crippen LogP contribution in [0.3, 0.4) is 0 Å². The quantitative estimate of drug-likeness (QED) is 0.738. The molecule has 2 aromatic rings. The van der Waals surface area contributed by atoms with Gasteiger partial charge in [-0.25, -0.2) is 9.97 Å². The first kappa shape index (κ1) is 14.5. The zero-order valence-corrected chi connectivity index (χ0v) is 14.0. The summed E-state index contributed by atoms with van der Waals surface area (Å²) >= 11 is 9.49. The monoisotopic (exact) mass is 342 g/mol. The van der Waals surface area contributed by atoms with E-state index >= 15 is 0 Å². The molecule has 0 amide bonds. The Bertz CT molecular complexity index is 605. The lowest BCUT2D eigenvalue weighted by Gasteiger charge is -2.17. The fourth-order valence-electron chi connectivity index (χ4n) is 1.85. The molecule has 0 saturated heterocycles. The fraction of sp³-hybridized carbons (Fsp3) is 0.462. The Kier molecular flexibility index (Phi) is 3.71. The fourth-order valence-corrected chi connectivity index (χ4v) is 2.24. The third-order valence-corrected chi connectivity index (χ3v) is 4.21. The summed E-state index contributed by atoms with van der Waals surface area (Å²) in [5.74, 6) is 0.615. The van der Waals surface area contributed by atoms with Crippen LogP contribution >= 0.6 is 27.5 Å². The van der Waals surface area contributed by atoms with Crippen molar-refractivity contribution in [3.63, 3.8) is 0 Å². The third-order valence-electron chi connectivity index (χ3n) is 2.76. The number of hydrogen-bond donors (Lipinski definition) is 0. The normalized spacial score (nSPS) is 11.9. The van der Waals surface area contributed by atoms with Crippen molar-refractivity contribution in [1.82, 2.24) is 19.7 Å². The van der Waals surface area contributed by atoms with Gasteiger partial charge in [-0.15, -0.1) is 0 Å². The molecule has 19 heavy (non-hydrogen) atoms. The molecule has 0 aliphatic heterocycles. The molecule has 6 heteroatoms. The van der Waals surface area contributed by atoms with Gasteiger partial charge in [-0.1, -0.05) is 32.4 Å². The van der Waals surface area contributed by atoms with Gasteiger partial charge in [0, 0.05) is 18.7 Å². The van der Waals surface area contributed by atoms with Crippen molar-refractivity contribution in [2.45, 2.75) is 33.1 Å². The number of aryl methyl sites for hydroxylation is 2. The predicted octanol–water partition coefficient (Wildman–Crippen LogP) is 3.90. The molecular formula is C13H16BrClN4. The highest BCUT2D eigenvalue weighted by atomic mass is 79.9. The first-order valence-corrected chi connectivity index (χ1v) is 7.11. The zero-order chi connectivity index (χ0) is 14.4. The summed E-state index contributed by atoms with van der Waals surface area (Å²) in [6.45, 7) is 8.25. The number of aromatic nitrogens is 4. The lowest BCUT2D eigenvalue weighted by Crippen LogP contribution is -2.14. The predicted molar refractivity (Wildman–Crippen MR) is 80.4 cm³/mol. The van der Waals surface area contributed by atoms with Crippen molar-refractivity contribution < 1.29 is 0 Å². The minimum atomic E-state index is -0.0760. The Balaban J connectivity index is 2.66. The lowest BCUT2D eigenvalue weighted by atomic mass is 9.89. The van der Waals surface area contributed by atoms with Crippen molar-refractivity contribution in [3.05, 3.63) is 27.2 Å². The van der Waals surface area contributed by atoms with Gasteiger partial charge in [0.2, 0.25) is 0 Å². The second-order valence-corrected chi connectivity index (χ2v) is 6.70. The second-order valence-electron chi connectivity index (χ2n) is 5.55. The highest BCUT2D eigenvalue weighted by molar-refractivity contribution is 9.10. The van der Waals surface area contributed by atoms with Crippen LogP contribution in [0.5, 0.6) is 0 Å². The molecule has 0 saturated carbocycles. The van der Waals surface area contributed by atoms with Gasteiger partial charge in [0.15, 0.2) is 5.82 Å². The van der Waals surface area contributed by atoms with Gasteiger partial charge in [0.1, 0.15) is 5.15 Å². The number of nitrogens with zero attached hydrogens (tertiary/aromatic N) is 4. The van der Waals surface area contributed by atoms with E-state index in [0.29, 0.717) is 11.0 Å². The largest absolute Gasteiger partial charge is 0.275 e. The Morgan fingerprint density at radius 2 is 1.89 bits per heavy atom. The van der Waals surface area contributed by atoms with Crippen LogP contribution in [0.25, 0.3) is 11.4 Å². The Labute approximate surface area is 126 Å². The van der Waals surface area contributed by atoms with E-state index in [1.165, 1.54) is 0 Å². The summed E-state index contributed by atoms with van der Waals surface area (Å²) in [6, 6.07) is 0. The van der Waals surface area contributed by atoms with Crippen molar-refractivity contribution in [3.8, 4) is 11.4 Å². The van der Waals surface area contributed by atoms with Crippen molar-refractivity contribution in [1.29, 1.82) is 0 Å². The molecule has 2 heterocycles. The average Bonchev–Trinajstić information content (AvgIpc) is 2.67. The van der Waals surface area contributed by atoms with Gasteiger partial charge >= 0.3 is 0 Å². The van der Waals surface area contributed by atoms with E-state index in [0.717, 1.165) is 21.4 Å². The van der Waals surface area contributed by atoms with Crippen LogP contribution in [0.15, 0.2) is 10.7 Å². The van der Waals surface area contributed by atoms with Crippen LogP contribution in [0.1, 0.15) is 32.2 Å². The minimum absolute atomic E-state index is 0.0760. The minimum Gasteiger partial charge on any atom is -0.275 e. The van der Waals surface area contributed by atoms with Gasteiger partial charge in [-0.05, 0) is 22.9 Å². The van der Waals surface area contributed by atoms with Crippen LogP contribution in [-0.2, 0) is 12.5 Å². The summed E-state index contributed by atoms with van der Waals surface area (Å²) in [5.41, 5.74) is 2.63. The van der Waals surface area contributed by atoms with E-state index in [1.807, 2.05) is 20.2 Å². The molecule has 0 aliphatic rings. The number of hydrogen-bond acceptors (Lipinski definition) is 3. The van der Waals surface area contributed by atoms with Gasteiger partial charge < -0.3 is 0 Å². The highest BCUT2D eigenvalue weighted by Gasteiger charge is 2.24. The van der Waals surface area contributed by atoms with E-state index in [-0.39, 0.29) is 5.41 Å². The summed E-state index contributed by atoms with van der Waals surface area (Å²) in [7, 11) is 1.89. The maximum atomic E-state index is 6.12. The van der Waals surface area contributed by atoms with Gasteiger partial charge in [-0.2, -0.15) is 5.10 Å². The molecule has 2 rings (SSSR count). The van der Waals surface area contributed by atoms with Crippen LogP contribution in [0, 0.1) is 6.92 Å². The Hall–Kier alpha value is -0.940. The SMILES string of the molecule is Cc1nc(-c2cn(C)nc2C(C)(C)C)nc(Cl)c1Br. The molecule has 0 bridgehead atoms. The standard InChI is InChI=1S/C13H16BrClN4/c1-7-9(14)11(15)17-12(16-7)8-6-19(5)18-10(8)13(2,3)4/h6H,1-5H3. The molecule has 0 N–H and O–H groups in total. The van der Waals surface area contributed by atoms with Crippen LogP contribution < -0.4 is 0 Å². The van der Waals surface area contributed by atoms with E-state index in [2.05, 4.69) is 51.8 Å². The van der Waals surface area contributed by atoms with E-state index < -0.39 is 0 Å². The Morgan fingerprint density at radius 3 is 2.42 bits per heavy atom. The van der Waals surface area contributed by atoms with E-state index in [1.54, 1.807) is 4.68 Å². The van der Waals surface area contributed by atoms with Crippen molar-refractivity contribution in [2.24, 2.45) is 7.05 Å². The molecule has 0 unspecified atom stereocenters. The maximum Gasteiger partial charge on any atom is 0.164 e. The average molecular weight is 344 g/mol. The van der Waals surface area contributed by atoms with Crippen LogP contribution in [0.2, 0.25) is 5.15 Å². The van der Waals surface area contributed by atoms with E-state index in [9.17, 15) is 0 Å². The number of halogens is 2. The maximum absolute atomic E-state index is 6.12. The summed E-state index contributed by atoms with van der Waals surface area (Å²) in [4.78, 5) is 8.84. The van der Waals surface area contributed by atoms with Crippen LogP contribution in [-0.4, -0.2) is 19.7 Å². The Morgan fingerprint density at radius 1 is 1.26 bits per heavy atom. The summed E-state index contributed by atoms with van der Waals surface area (Å²) in [5, 5.41) is 4.94. The zero-order valence-electron chi connectivity index (χ0n) is 11.6. The molecule has 102 valence electrons. The summed E-state index contributed by atoms with van der Waals surface area (Å²) in [6.07, 6.45) is 1.93. The third kappa shape index (κ3) is 2.82. The second kappa shape index (κ2) is 4.87. The van der Waals surface area contributed by atoms with Crippen LogP contribution in [0.4, 0.5) is 0 Å². The molecule has 0 radical (unpaired) electrons. The lowest BCUT2D eigenvalue weighted by molar-refractivity contribution is 0.554. The molecule has 2 aromatic heterocycles. The molecule has 0 spiro atoms. The highest BCUT2D eigenvalue weighted by Crippen LogP contribution is 2.32. The molecule has 0 atom stereocenters. The molecule has 0 fully saturated rings. The topological polar surface area (TPSA) is 43.6 Å². The first-order valence-electron chi connectivity index (χ1n) is 5.94.